The van der Waals surface area contributed by atoms with Gasteiger partial charge in [0.15, 0.2) is 5.69 Å². The van der Waals surface area contributed by atoms with Gasteiger partial charge in [-0.15, -0.1) is 0 Å². The van der Waals surface area contributed by atoms with Gasteiger partial charge in [-0.3, -0.25) is 9.36 Å². The molecule has 154 valence electrons. The van der Waals surface area contributed by atoms with Gasteiger partial charge in [-0.1, -0.05) is 25.0 Å². The molecule has 29 heavy (non-hydrogen) atoms. The van der Waals surface area contributed by atoms with Crippen LogP contribution in [0.1, 0.15) is 54.7 Å². The van der Waals surface area contributed by atoms with Gasteiger partial charge < -0.3 is 4.90 Å². The molecule has 8 heteroatoms. The predicted molar refractivity (Wildman–Crippen MR) is 108 cm³/mol. The largest absolute Gasteiger partial charge is 0.337 e. The van der Waals surface area contributed by atoms with Crippen LogP contribution in [0.15, 0.2) is 35.5 Å². The number of fused-ring (bicyclic) bond motifs is 3. The molecule has 1 saturated carbocycles. The summed E-state index contributed by atoms with van der Waals surface area (Å²) >= 11 is 0. The highest BCUT2D eigenvalue weighted by molar-refractivity contribution is 7.89. The molecule has 1 aromatic carbocycles. The Balaban J connectivity index is 1.59. The molecule has 0 radical (unpaired) electrons. The van der Waals surface area contributed by atoms with E-state index in [9.17, 15) is 13.2 Å². The standard InChI is InChI=1S/C21H26N4O3S/c26-21(23-11-5-1-2-6-12-23)20-18-14-24(13-16-9-10-16)29(27,28)19-8-4-3-7-17(19)25(18)15-22-20/h3-4,7-8,15-16H,1-2,5-6,9-14H2. The van der Waals surface area contributed by atoms with E-state index < -0.39 is 10.0 Å². The summed E-state index contributed by atoms with van der Waals surface area (Å²) in [5.74, 6) is 0.333. The first-order chi connectivity index (χ1) is 14.1. The minimum Gasteiger partial charge on any atom is -0.337 e. The van der Waals surface area contributed by atoms with Gasteiger partial charge in [-0.25, -0.2) is 13.4 Å². The molecular formula is C21H26N4O3S. The predicted octanol–water partition coefficient (Wildman–Crippen LogP) is 2.80. The monoisotopic (exact) mass is 414 g/mol. The van der Waals surface area contributed by atoms with Crippen LogP contribution in [0, 0.1) is 5.92 Å². The van der Waals surface area contributed by atoms with Crippen LogP contribution in [0.4, 0.5) is 0 Å². The Bertz CT molecular complexity index is 1030. The SMILES string of the molecule is O=C(c1ncn2c1CN(CC1CC1)S(=O)(=O)c1ccccc1-2)N1CCCCCC1. The topological polar surface area (TPSA) is 75.5 Å². The number of imidazole rings is 1. The summed E-state index contributed by atoms with van der Waals surface area (Å²) in [6.45, 7) is 2.17. The summed E-state index contributed by atoms with van der Waals surface area (Å²) in [5.41, 5.74) is 1.64. The van der Waals surface area contributed by atoms with E-state index in [1.54, 1.807) is 33.4 Å². The van der Waals surface area contributed by atoms with Gasteiger partial charge in [0.25, 0.3) is 5.91 Å². The van der Waals surface area contributed by atoms with Gasteiger partial charge in [0.1, 0.15) is 11.2 Å². The number of carbonyl (C=O) groups excluding carboxylic acids is 1. The normalized spacial score (nSPS) is 21.7. The fourth-order valence-corrected chi connectivity index (χ4v) is 6.01. The van der Waals surface area contributed by atoms with Crippen LogP contribution in [-0.2, 0) is 16.6 Å². The first-order valence-corrected chi connectivity index (χ1v) is 11.9. The molecule has 1 aliphatic carbocycles. The zero-order chi connectivity index (χ0) is 20.0. The van der Waals surface area contributed by atoms with Crippen molar-refractivity contribution in [3.63, 3.8) is 0 Å². The zero-order valence-electron chi connectivity index (χ0n) is 16.5. The number of nitrogens with zero attached hydrogens (tertiary/aromatic N) is 4. The summed E-state index contributed by atoms with van der Waals surface area (Å²) in [6, 6.07) is 7.01. The van der Waals surface area contributed by atoms with Crippen LogP contribution >= 0.6 is 0 Å². The highest BCUT2D eigenvalue weighted by atomic mass is 32.2. The first-order valence-electron chi connectivity index (χ1n) is 10.5. The van der Waals surface area contributed by atoms with Crippen molar-refractivity contribution in [2.24, 2.45) is 5.92 Å². The highest BCUT2D eigenvalue weighted by Crippen LogP contribution is 2.36. The Labute approximate surface area is 171 Å². The van der Waals surface area contributed by atoms with E-state index in [-0.39, 0.29) is 17.3 Å². The van der Waals surface area contributed by atoms with Crippen molar-refractivity contribution in [2.75, 3.05) is 19.6 Å². The zero-order valence-corrected chi connectivity index (χ0v) is 17.3. The molecule has 3 aliphatic rings. The van der Waals surface area contributed by atoms with Crippen molar-refractivity contribution in [2.45, 2.75) is 50.0 Å². The van der Waals surface area contributed by atoms with Crippen LogP contribution in [0.5, 0.6) is 0 Å². The van der Waals surface area contributed by atoms with Gasteiger partial charge in [0, 0.05) is 19.6 Å². The van der Waals surface area contributed by atoms with Gasteiger partial charge in [0.05, 0.1) is 17.9 Å². The number of para-hydroxylation sites is 1. The smallest absolute Gasteiger partial charge is 0.274 e. The van der Waals surface area contributed by atoms with Crippen LogP contribution in [0.25, 0.3) is 5.69 Å². The Morgan fingerprint density at radius 2 is 1.79 bits per heavy atom. The number of hydrogen-bond donors (Lipinski definition) is 0. The number of likely N-dealkylation sites (tertiary alicyclic amines) is 1. The lowest BCUT2D eigenvalue weighted by molar-refractivity contribution is 0.0754. The molecule has 1 aromatic heterocycles. The second kappa shape index (κ2) is 7.25. The van der Waals surface area contributed by atoms with Gasteiger partial charge >= 0.3 is 0 Å². The Morgan fingerprint density at radius 1 is 1.07 bits per heavy atom. The maximum atomic E-state index is 13.4. The molecule has 2 fully saturated rings. The number of amides is 1. The molecule has 7 nitrogen and oxygen atoms in total. The summed E-state index contributed by atoms with van der Waals surface area (Å²) in [7, 11) is -3.63. The molecule has 5 rings (SSSR count). The molecule has 2 aromatic rings. The quantitative estimate of drug-likeness (QED) is 0.774. The minimum atomic E-state index is -3.63. The van der Waals surface area contributed by atoms with Crippen molar-refractivity contribution in [1.82, 2.24) is 18.8 Å². The van der Waals surface area contributed by atoms with Crippen molar-refractivity contribution in [3.8, 4) is 5.69 Å². The fraction of sp³-hybridized carbons (Fsp3) is 0.524. The van der Waals surface area contributed by atoms with E-state index in [0.717, 1.165) is 51.6 Å². The molecule has 0 spiro atoms. The number of carbonyl (C=O) groups is 1. The number of sulfonamides is 1. The highest BCUT2D eigenvalue weighted by Gasteiger charge is 2.38. The molecule has 2 aliphatic heterocycles. The van der Waals surface area contributed by atoms with Crippen molar-refractivity contribution in [3.05, 3.63) is 42.0 Å². The van der Waals surface area contributed by atoms with E-state index in [4.69, 9.17) is 0 Å². The lowest BCUT2D eigenvalue weighted by Gasteiger charge is -2.22. The molecule has 1 amide bonds. The lowest BCUT2D eigenvalue weighted by atomic mass is 10.2. The van der Waals surface area contributed by atoms with Gasteiger partial charge in [0.2, 0.25) is 10.0 Å². The van der Waals surface area contributed by atoms with Crippen molar-refractivity contribution in [1.29, 1.82) is 0 Å². The molecule has 0 atom stereocenters. The third kappa shape index (κ3) is 3.38. The third-order valence-electron chi connectivity index (χ3n) is 6.19. The fourth-order valence-electron chi connectivity index (χ4n) is 4.35. The lowest BCUT2D eigenvalue weighted by Crippen LogP contribution is -2.35. The molecule has 3 heterocycles. The molecule has 0 N–H and O–H groups in total. The van der Waals surface area contributed by atoms with Gasteiger partial charge in [-0.05, 0) is 43.7 Å². The Kier molecular flexibility index (Phi) is 4.70. The van der Waals surface area contributed by atoms with Crippen LogP contribution < -0.4 is 0 Å². The summed E-state index contributed by atoms with van der Waals surface area (Å²) < 4.78 is 30.1. The second-order valence-corrected chi connectivity index (χ2v) is 10.2. The van der Waals surface area contributed by atoms with Gasteiger partial charge in [-0.2, -0.15) is 4.31 Å². The van der Waals surface area contributed by atoms with E-state index >= 15 is 0 Å². The van der Waals surface area contributed by atoms with E-state index in [2.05, 4.69) is 4.98 Å². The van der Waals surface area contributed by atoms with Crippen LogP contribution in [0.3, 0.4) is 0 Å². The third-order valence-corrected chi connectivity index (χ3v) is 8.05. The molecule has 0 unspecified atom stereocenters. The maximum Gasteiger partial charge on any atom is 0.274 e. The number of hydrogen-bond acceptors (Lipinski definition) is 4. The van der Waals surface area contributed by atoms with Crippen LogP contribution in [-0.4, -0.2) is 52.7 Å². The molecular weight excluding hydrogens is 388 g/mol. The van der Waals surface area contributed by atoms with E-state index in [0.29, 0.717) is 29.5 Å². The van der Waals surface area contributed by atoms with Crippen molar-refractivity contribution >= 4 is 15.9 Å². The number of benzene rings is 1. The average molecular weight is 415 g/mol. The second-order valence-electron chi connectivity index (χ2n) is 8.32. The maximum absolute atomic E-state index is 13.4. The minimum absolute atomic E-state index is 0.0798. The molecule has 1 saturated heterocycles. The average Bonchev–Trinajstić information content (AvgIpc) is 3.50. The van der Waals surface area contributed by atoms with Crippen molar-refractivity contribution < 1.29 is 13.2 Å². The number of aromatic nitrogens is 2. The summed E-state index contributed by atoms with van der Waals surface area (Å²) in [5, 5.41) is 0. The van der Waals surface area contributed by atoms with Crippen LogP contribution in [0.2, 0.25) is 0 Å². The van der Waals surface area contributed by atoms with E-state index in [1.165, 1.54) is 0 Å². The summed E-state index contributed by atoms with van der Waals surface area (Å²) in [6.07, 6.45) is 8.03. The number of rotatable bonds is 3. The molecule has 0 bridgehead atoms. The Hall–Kier alpha value is -2.19. The van der Waals surface area contributed by atoms with E-state index in [1.807, 2.05) is 11.0 Å². The first kappa shape index (κ1) is 18.8. The summed E-state index contributed by atoms with van der Waals surface area (Å²) in [4.78, 5) is 19.9. The Morgan fingerprint density at radius 3 is 2.52 bits per heavy atom.